The molecular formula is C48H40N4O8P4. The number of para-hydroxylation sites is 4. The maximum atomic E-state index is 10.8. The van der Waals surface area contributed by atoms with Crippen LogP contribution in [0.25, 0.3) is 0 Å². The second-order valence-corrected chi connectivity index (χ2v) is 24.2. The highest BCUT2D eigenvalue weighted by Crippen LogP contribution is 2.78. The van der Waals surface area contributed by atoms with E-state index in [0.717, 1.165) is 0 Å². The molecule has 0 saturated carbocycles. The zero-order chi connectivity index (χ0) is 44.0. The zero-order valence-corrected chi connectivity index (χ0v) is 37.4. The molecule has 0 saturated heterocycles. The van der Waals surface area contributed by atoms with E-state index < -0.39 is 29.7 Å². The van der Waals surface area contributed by atoms with Crippen molar-refractivity contribution in [1.82, 2.24) is 0 Å². The van der Waals surface area contributed by atoms with Gasteiger partial charge < -0.3 is 38.5 Å². The van der Waals surface area contributed by atoms with Crippen molar-refractivity contribution in [1.29, 1.82) is 0 Å². The predicted molar refractivity (Wildman–Crippen MR) is 257 cm³/mol. The molecule has 1 aliphatic heterocycles. The third-order valence-corrected chi connectivity index (χ3v) is 23.2. The fraction of sp³-hybridized carbons (Fsp3) is 0. The Balaban J connectivity index is 1.58. The summed E-state index contributed by atoms with van der Waals surface area (Å²) in [5, 5.41) is 45.0. The number of phenols is 4. The van der Waals surface area contributed by atoms with E-state index >= 15 is 0 Å². The van der Waals surface area contributed by atoms with E-state index in [2.05, 4.69) is 0 Å². The summed E-state index contributed by atoms with van der Waals surface area (Å²) < 4.78 is 52.4. The molecule has 2 unspecified atom stereocenters. The van der Waals surface area contributed by atoms with Gasteiger partial charge in [-0.15, -0.1) is 4.52 Å². The molecule has 0 spiro atoms. The number of hydrogen-bond acceptors (Lipinski definition) is 12. The highest BCUT2D eigenvalue weighted by Gasteiger charge is 2.46. The van der Waals surface area contributed by atoms with E-state index in [-0.39, 0.29) is 23.0 Å². The summed E-state index contributed by atoms with van der Waals surface area (Å²) in [6.07, 6.45) is 0. The van der Waals surface area contributed by atoms with Gasteiger partial charge in [-0.2, -0.15) is 13.5 Å². The molecule has 2 atom stereocenters. The lowest BCUT2D eigenvalue weighted by atomic mass is 10.3. The van der Waals surface area contributed by atoms with Crippen molar-refractivity contribution in [2.24, 2.45) is 18.1 Å². The Labute approximate surface area is 370 Å². The van der Waals surface area contributed by atoms with Crippen LogP contribution >= 0.6 is 29.7 Å². The van der Waals surface area contributed by atoms with Gasteiger partial charge in [-0.25, -0.2) is 0 Å². The number of benzene rings is 8. The standard InChI is InChI=1S/C48H40N4O8P4/c53-37-21-29-45(30-22-37)61(46-31-23-38(54)24-32-46)49-62(47-33-25-39(55)26-34-47,57-41-13-5-1-6-14-41)51-63(48-35-27-40(56)28-36-48,58-42-15-7-2-8-16-42)52-64(50-61,59-43-17-9-3-10-18-43)60-44-19-11-4-12-20-44/h1-36,53-56H. The lowest BCUT2D eigenvalue weighted by Crippen LogP contribution is -2.20. The first kappa shape index (κ1) is 42.4. The lowest BCUT2D eigenvalue weighted by molar-refractivity contribution is 0.475. The van der Waals surface area contributed by atoms with Gasteiger partial charge >= 0.3 is 7.66 Å². The molecule has 4 N–H and O–H groups in total. The molecule has 8 aromatic carbocycles. The van der Waals surface area contributed by atoms with Crippen molar-refractivity contribution in [3.05, 3.63) is 218 Å². The van der Waals surface area contributed by atoms with Crippen LogP contribution in [0.3, 0.4) is 0 Å². The molecule has 16 heteroatoms. The van der Waals surface area contributed by atoms with Gasteiger partial charge in [-0.05, 0) is 146 Å². The zero-order valence-electron chi connectivity index (χ0n) is 33.8. The first-order chi connectivity index (χ1) is 31.1. The van der Waals surface area contributed by atoms with Crippen LogP contribution in [-0.4, -0.2) is 20.4 Å². The van der Waals surface area contributed by atoms with Gasteiger partial charge in [0.15, 0.2) is 0 Å². The van der Waals surface area contributed by atoms with E-state index in [1.807, 2.05) is 72.8 Å². The summed E-state index contributed by atoms with van der Waals surface area (Å²) in [6.45, 7) is 0. The number of rotatable bonds is 12. The molecule has 9 rings (SSSR count). The summed E-state index contributed by atoms with van der Waals surface area (Å²) in [5.74, 6) is 1.56. The van der Waals surface area contributed by atoms with Crippen molar-refractivity contribution in [3.8, 4) is 46.0 Å². The highest BCUT2D eigenvalue weighted by molar-refractivity contribution is 7.92. The minimum Gasteiger partial charge on any atom is -0.508 e. The van der Waals surface area contributed by atoms with Crippen LogP contribution in [0.5, 0.6) is 46.0 Å². The Morgan fingerprint density at radius 3 is 0.875 bits per heavy atom. The van der Waals surface area contributed by atoms with Gasteiger partial charge in [0.05, 0.1) is 10.6 Å². The molecule has 8 aromatic rings. The first-order valence-electron chi connectivity index (χ1n) is 19.9. The van der Waals surface area contributed by atoms with Gasteiger partial charge in [-0.3, -0.25) is 0 Å². The van der Waals surface area contributed by atoms with Crippen molar-refractivity contribution < 1.29 is 38.5 Å². The Morgan fingerprint density at radius 1 is 0.266 bits per heavy atom. The molecule has 0 radical (unpaired) electrons. The van der Waals surface area contributed by atoms with E-state index in [1.54, 1.807) is 121 Å². The number of phenolic OH excluding ortho intramolecular Hbond substituents is 4. The SMILES string of the molecule is Oc1ccc(P2(Oc3ccccc3)=NP(Oc3ccccc3)(c3ccc(O)cc3)=NP(c3ccc(O)cc3)(c3ccc(O)cc3)=NP(Oc3ccccc3)(Oc3ccccc3)=N2)cc1. The normalized spacial score (nSPS) is 18.5. The van der Waals surface area contributed by atoms with Gasteiger partial charge in [0.25, 0.3) is 14.9 Å². The molecule has 12 nitrogen and oxygen atoms in total. The van der Waals surface area contributed by atoms with E-state index in [1.165, 1.54) is 24.3 Å². The molecule has 0 aliphatic carbocycles. The third-order valence-electron chi connectivity index (χ3n) is 9.65. The number of aromatic hydroxyl groups is 4. The van der Waals surface area contributed by atoms with Crippen LogP contribution in [-0.2, 0) is 0 Å². The average Bonchev–Trinajstić information content (AvgIpc) is 3.30. The quantitative estimate of drug-likeness (QED) is 0.0878. The van der Waals surface area contributed by atoms with Crippen molar-refractivity contribution >= 4 is 50.9 Å². The molecular weight excluding hydrogens is 884 g/mol. The Bertz CT molecular complexity index is 3010. The van der Waals surface area contributed by atoms with Crippen LogP contribution in [0, 0.1) is 0 Å². The maximum Gasteiger partial charge on any atom is 0.453 e. The molecule has 320 valence electrons. The minimum atomic E-state index is -4.28. The third kappa shape index (κ3) is 9.10. The summed E-state index contributed by atoms with van der Waals surface area (Å²) in [5.41, 5.74) is 0. The summed E-state index contributed by atoms with van der Waals surface area (Å²) in [7, 11) is -16.3. The Morgan fingerprint density at radius 2 is 0.547 bits per heavy atom. The predicted octanol–water partition coefficient (Wildman–Crippen LogP) is 12.6. The van der Waals surface area contributed by atoms with Gasteiger partial charge in [0, 0.05) is 10.6 Å². The van der Waals surface area contributed by atoms with Gasteiger partial charge in [0.1, 0.15) is 53.2 Å². The highest BCUT2D eigenvalue weighted by atomic mass is 31.3. The van der Waals surface area contributed by atoms with Crippen molar-refractivity contribution in [2.45, 2.75) is 0 Å². The molecule has 64 heavy (non-hydrogen) atoms. The lowest BCUT2D eigenvalue weighted by Gasteiger charge is -2.35. The van der Waals surface area contributed by atoms with Crippen LogP contribution in [0.2, 0.25) is 0 Å². The summed E-state index contributed by atoms with van der Waals surface area (Å²) >= 11 is 0. The number of nitrogens with zero attached hydrogens (tertiary/aromatic N) is 4. The molecule has 0 fully saturated rings. The smallest absolute Gasteiger partial charge is 0.453 e. The molecule has 1 heterocycles. The topological polar surface area (TPSA) is 167 Å². The first-order valence-corrected chi connectivity index (χ1v) is 26.3. The van der Waals surface area contributed by atoms with Gasteiger partial charge in [-0.1, -0.05) is 72.8 Å². The van der Waals surface area contributed by atoms with E-state index in [0.29, 0.717) is 44.2 Å². The van der Waals surface area contributed by atoms with Crippen LogP contribution < -0.4 is 39.3 Å². The van der Waals surface area contributed by atoms with Crippen molar-refractivity contribution in [2.75, 3.05) is 0 Å². The van der Waals surface area contributed by atoms with Crippen LogP contribution in [0.15, 0.2) is 236 Å². The minimum absolute atomic E-state index is 0.00115. The molecule has 0 bridgehead atoms. The molecule has 0 aromatic heterocycles. The summed E-state index contributed by atoms with van der Waals surface area (Å²) in [4.78, 5) is 0. The molecule has 1 aliphatic rings. The second-order valence-electron chi connectivity index (χ2n) is 14.2. The average molecular weight is 925 g/mol. The second kappa shape index (κ2) is 18.1. The summed E-state index contributed by atoms with van der Waals surface area (Å²) in [6, 6.07) is 62.5. The fourth-order valence-electron chi connectivity index (χ4n) is 6.67. The van der Waals surface area contributed by atoms with Gasteiger partial charge in [0.2, 0.25) is 0 Å². The fourth-order valence-corrected chi connectivity index (χ4v) is 22.6. The maximum absolute atomic E-state index is 10.8. The van der Waals surface area contributed by atoms with Crippen LogP contribution in [0.4, 0.5) is 0 Å². The monoisotopic (exact) mass is 924 g/mol. The Hall–Kier alpha value is -6.92. The molecule has 0 amide bonds. The largest absolute Gasteiger partial charge is 0.508 e. The van der Waals surface area contributed by atoms with Crippen molar-refractivity contribution in [3.63, 3.8) is 0 Å². The van der Waals surface area contributed by atoms with E-state index in [4.69, 9.17) is 36.2 Å². The van der Waals surface area contributed by atoms with E-state index in [9.17, 15) is 20.4 Å². The number of hydrogen-bond donors (Lipinski definition) is 4. The Kier molecular flexibility index (Phi) is 12.0. The van der Waals surface area contributed by atoms with Crippen LogP contribution in [0.1, 0.15) is 0 Å².